The van der Waals surface area contributed by atoms with Crippen molar-refractivity contribution in [3.8, 4) is 0 Å². The third-order valence-corrected chi connectivity index (χ3v) is 4.54. The van der Waals surface area contributed by atoms with Crippen LogP contribution in [0.4, 0.5) is 5.69 Å². The van der Waals surface area contributed by atoms with Crippen LogP contribution in [0.1, 0.15) is 6.42 Å². The molecule has 1 atom stereocenters. The number of carbonyl (C=O) groups excluding carboxylic acids is 1. The second kappa shape index (κ2) is 5.18. The number of nitrogens with zero attached hydrogens (tertiary/aromatic N) is 2. The number of sulfonamides is 1. The highest BCUT2D eigenvalue weighted by atomic mass is 32.2. The summed E-state index contributed by atoms with van der Waals surface area (Å²) in [6, 6.07) is 4.92. The van der Waals surface area contributed by atoms with Gasteiger partial charge in [0.25, 0.3) is 5.56 Å². The molecule has 22 heavy (non-hydrogen) atoms. The average molecular weight is 322 g/mol. The number of aromatic nitrogens is 2. The Morgan fingerprint density at radius 1 is 1.36 bits per heavy atom. The van der Waals surface area contributed by atoms with Crippen LogP contribution >= 0.6 is 0 Å². The Hall–Kier alpha value is -2.26. The van der Waals surface area contributed by atoms with Gasteiger partial charge in [0.05, 0.1) is 23.0 Å². The van der Waals surface area contributed by atoms with Crippen LogP contribution in [-0.2, 0) is 14.8 Å². The van der Waals surface area contributed by atoms with Gasteiger partial charge in [-0.3, -0.25) is 9.59 Å². The highest BCUT2D eigenvalue weighted by molar-refractivity contribution is 7.89. The molecule has 0 spiro atoms. The van der Waals surface area contributed by atoms with E-state index in [-0.39, 0.29) is 36.1 Å². The molecule has 1 aromatic carbocycles. The van der Waals surface area contributed by atoms with Gasteiger partial charge >= 0.3 is 0 Å². The second-order valence-corrected chi connectivity index (χ2v) is 7.00. The van der Waals surface area contributed by atoms with E-state index in [1.807, 2.05) is 0 Å². The molecule has 9 heteroatoms. The Labute approximate surface area is 126 Å². The predicted octanol–water partition coefficient (Wildman–Crippen LogP) is -0.435. The van der Waals surface area contributed by atoms with E-state index in [2.05, 4.69) is 9.97 Å². The molecule has 3 N–H and O–H groups in total. The number of nitrogens with two attached hydrogens (primary N) is 1. The van der Waals surface area contributed by atoms with Crippen molar-refractivity contribution in [1.29, 1.82) is 0 Å². The summed E-state index contributed by atoms with van der Waals surface area (Å²) in [5.74, 6) is -0.760. The van der Waals surface area contributed by atoms with E-state index in [0.29, 0.717) is 16.6 Å². The van der Waals surface area contributed by atoms with Gasteiger partial charge in [0.15, 0.2) is 0 Å². The zero-order chi connectivity index (χ0) is 15.9. The van der Waals surface area contributed by atoms with Gasteiger partial charge in [-0.05, 0) is 18.2 Å². The minimum Gasteiger partial charge on any atom is -0.313 e. The summed E-state index contributed by atoms with van der Waals surface area (Å²) >= 11 is 0. The molecule has 1 aliphatic heterocycles. The number of hydrogen-bond acceptors (Lipinski definition) is 5. The number of primary sulfonamides is 1. The van der Waals surface area contributed by atoms with E-state index in [1.54, 1.807) is 18.2 Å². The van der Waals surface area contributed by atoms with E-state index >= 15 is 0 Å². The first kappa shape index (κ1) is 14.7. The first-order valence-electron chi connectivity index (χ1n) is 6.62. The van der Waals surface area contributed by atoms with Crippen molar-refractivity contribution in [2.75, 3.05) is 17.2 Å². The summed E-state index contributed by atoms with van der Waals surface area (Å²) < 4.78 is 22.3. The monoisotopic (exact) mass is 322 g/mol. The molecule has 2 heterocycles. The molecule has 2 aromatic rings. The SMILES string of the molecule is NS(=O)(=O)CC1CC(=O)N(c2ccc3nc[nH]c(=O)c3c2)C1. The molecule has 0 saturated carbocycles. The molecule has 1 saturated heterocycles. The van der Waals surface area contributed by atoms with E-state index in [4.69, 9.17) is 5.14 Å². The fourth-order valence-electron chi connectivity index (χ4n) is 2.70. The van der Waals surface area contributed by atoms with Gasteiger partial charge in [0.2, 0.25) is 15.9 Å². The number of benzene rings is 1. The smallest absolute Gasteiger partial charge is 0.258 e. The molecule has 3 rings (SSSR count). The number of H-pyrrole nitrogens is 1. The predicted molar refractivity (Wildman–Crippen MR) is 80.8 cm³/mol. The Kier molecular flexibility index (Phi) is 3.45. The number of hydrogen-bond donors (Lipinski definition) is 2. The minimum absolute atomic E-state index is 0.123. The van der Waals surface area contributed by atoms with Gasteiger partial charge in [0.1, 0.15) is 0 Å². The number of anilines is 1. The van der Waals surface area contributed by atoms with Crippen molar-refractivity contribution in [3.05, 3.63) is 34.9 Å². The maximum atomic E-state index is 12.1. The van der Waals surface area contributed by atoms with E-state index in [1.165, 1.54) is 11.2 Å². The van der Waals surface area contributed by atoms with Crippen molar-refractivity contribution < 1.29 is 13.2 Å². The van der Waals surface area contributed by atoms with Crippen LogP contribution < -0.4 is 15.6 Å². The topological polar surface area (TPSA) is 126 Å². The largest absolute Gasteiger partial charge is 0.313 e. The normalized spacial score (nSPS) is 19.0. The summed E-state index contributed by atoms with van der Waals surface area (Å²) in [5, 5.41) is 5.41. The molecule has 1 fully saturated rings. The lowest BCUT2D eigenvalue weighted by Crippen LogP contribution is -2.27. The van der Waals surface area contributed by atoms with Crippen molar-refractivity contribution in [2.45, 2.75) is 6.42 Å². The number of nitrogens with one attached hydrogen (secondary N) is 1. The lowest BCUT2D eigenvalue weighted by atomic mass is 10.1. The third kappa shape index (κ3) is 2.85. The Balaban J connectivity index is 1.93. The number of amides is 1. The molecule has 116 valence electrons. The van der Waals surface area contributed by atoms with Crippen LogP contribution in [0, 0.1) is 5.92 Å². The van der Waals surface area contributed by atoms with Crippen molar-refractivity contribution in [1.82, 2.24) is 9.97 Å². The highest BCUT2D eigenvalue weighted by Crippen LogP contribution is 2.27. The van der Waals surface area contributed by atoms with Crippen LogP contribution in [0.15, 0.2) is 29.3 Å². The third-order valence-electron chi connectivity index (χ3n) is 3.61. The molecule has 1 amide bonds. The summed E-state index contributed by atoms with van der Waals surface area (Å²) in [4.78, 5) is 31.9. The number of carbonyl (C=O) groups is 1. The first-order valence-corrected chi connectivity index (χ1v) is 8.33. The van der Waals surface area contributed by atoms with Gasteiger partial charge in [-0.2, -0.15) is 0 Å². The van der Waals surface area contributed by atoms with Crippen LogP contribution in [0.25, 0.3) is 10.9 Å². The minimum atomic E-state index is -3.62. The Bertz CT molecular complexity index is 906. The first-order chi connectivity index (χ1) is 10.3. The fraction of sp³-hybridized carbons (Fsp3) is 0.308. The summed E-state index contributed by atoms with van der Waals surface area (Å²) in [6.45, 7) is 0.263. The zero-order valence-corrected chi connectivity index (χ0v) is 12.3. The van der Waals surface area contributed by atoms with Crippen molar-refractivity contribution >= 4 is 32.5 Å². The van der Waals surface area contributed by atoms with E-state index in [0.717, 1.165) is 0 Å². The van der Waals surface area contributed by atoms with Crippen LogP contribution in [0.3, 0.4) is 0 Å². The van der Waals surface area contributed by atoms with Gasteiger partial charge in [-0.1, -0.05) is 0 Å². The quantitative estimate of drug-likeness (QED) is 0.792. The second-order valence-electron chi connectivity index (χ2n) is 5.34. The maximum absolute atomic E-state index is 12.1. The standard InChI is InChI=1S/C13H14N4O4S/c14-22(20,21)6-8-3-12(18)17(5-8)9-1-2-11-10(4-9)13(19)16-7-15-11/h1-2,4,7-8H,3,5-6H2,(H2,14,20,21)(H,15,16,19). The lowest BCUT2D eigenvalue weighted by molar-refractivity contribution is -0.117. The highest BCUT2D eigenvalue weighted by Gasteiger charge is 2.32. The molecule has 0 radical (unpaired) electrons. The zero-order valence-electron chi connectivity index (χ0n) is 11.5. The molecular weight excluding hydrogens is 308 g/mol. The van der Waals surface area contributed by atoms with Crippen LogP contribution in [-0.4, -0.2) is 36.6 Å². The van der Waals surface area contributed by atoms with Gasteiger partial charge in [0, 0.05) is 24.6 Å². The molecule has 8 nitrogen and oxygen atoms in total. The molecule has 0 aliphatic carbocycles. The Morgan fingerprint density at radius 2 is 2.14 bits per heavy atom. The van der Waals surface area contributed by atoms with E-state index < -0.39 is 10.0 Å². The number of rotatable bonds is 3. The average Bonchev–Trinajstić information content (AvgIpc) is 2.77. The Morgan fingerprint density at radius 3 is 2.86 bits per heavy atom. The van der Waals surface area contributed by atoms with Crippen molar-refractivity contribution in [2.24, 2.45) is 11.1 Å². The summed E-state index contributed by atoms with van der Waals surface area (Å²) in [6.07, 6.45) is 1.44. The van der Waals surface area contributed by atoms with Crippen LogP contribution in [0.2, 0.25) is 0 Å². The van der Waals surface area contributed by atoms with E-state index in [9.17, 15) is 18.0 Å². The van der Waals surface area contributed by atoms with Gasteiger partial charge < -0.3 is 9.88 Å². The fourth-order valence-corrected chi connectivity index (χ4v) is 3.58. The molecule has 1 aromatic heterocycles. The molecule has 1 aliphatic rings. The maximum Gasteiger partial charge on any atom is 0.258 e. The van der Waals surface area contributed by atoms with Gasteiger partial charge in [-0.15, -0.1) is 0 Å². The van der Waals surface area contributed by atoms with Crippen LogP contribution in [0.5, 0.6) is 0 Å². The summed E-state index contributed by atoms with van der Waals surface area (Å²) in [5.41, 5.74) is 0.785. The van der Waals surface area contributed by atoms with Crippen molar-refractivity contribution in [3.63, 3.8) is 0 Å². The number of fused-ring (bicyclic) bond motifs is 1. The van der Waals surface area contributed by atoms with Gasteiger partial charge in [-0.25, -0.2) is 18.5 Å². The summed E-state index contributed by atoms with van der Waals surface area (Å²) in [7, 11) is -3.62. The molecule has 1 unspecified atom stereocenters. The number of aromatic amines is 1. The lowest BCUT2D eigenvalue weighted by Gasteiger charge is -2.17. The molecule has 0 bridgehead atoms. The molecular formula is C13H14N4O4S.